The number of carbonyl (C=O) groups is 2. The van der Waals surface area contributed by atoms with Crippen molar-refractivity contribution < 1.29 is 23.8 Å². The van der Waals surface area contributed by atoms with Crippen LogP contribution < -0.4 is 14.5 Å². The van der Waals surface area contributed by atoms with E-state index in [2.05, 4.69) is 18.0 Å². The third kappa shape index (κ3) is 5.59. The van der Waals surface area contributed by atoms with Crippen molar-refractivity contribution in [1.29, 1.82) is 5.26 Å². The van der Waals surface area contributed by atoms with E-state index in [0.29, 0.717) is 31.1 Å². The van der Waals surface area contributed by atoms with Gasteiger partial charge in [0.15, 0.2) is 0 Å². The largest absolute Gasteiger partial charge is 0.465 e. The van der Waals surface area contributed by atoms with Crippen LogP contribution in [0.1, 0.15) is 36.9 Å². The van der Waals surface area contributed by atoms with E-state index in [1.807, 2.05) is 4.90 Å². The smallest absolute Gasteiger partial charge is 0.407 e. The second-order valence-electron chi connectivity index (χ2n) is 10.2. The topological polar surface area (TPSA) is 126 Å². The Kier molecular flexibility index (Phi) is 7.79. The number of anilines is 2. The number of ether oxygens (including phenoxy) is 1. The number of fused-ring (bicyclic) bond motifs is 1. The van der Waals surface area contributed by atoms with E-state index in [-0.39, 0.29) is 56.1 Å². The molecule has 11 nitrogen and oxygen atoms in total. The summed E-state index contributed by atoms with van der Waals surface area (Å²) in [6.07, 6.45) is 1.58. The first-order valence-corrected chi connectivity index (χ1v) is 13.2. The molecular weight excluding hydrogens is 505 g/mol. The Morgan fingerprint density at radius 1 is 1.21 bits per heavy atom. The number of nitriles is 1. The summed E-state index contributed by atoms with van der Waals surface area (Å²) in [6, 6.07) is 8.14. The van der Waals surface area contributed by atoms with Crippen molar-refractivity contribution >= 4 is 23.5 Å². The monoisotopic (exact) mass is 537 g/mol. The second-order valence-corrected chi connectivity index (χ2v) is 10.2. The van der Waals surface area contributed by atoms with Crippen molar-refractivity contribution in [3.8, 4) is 12.1 Å². The maximum atomic E-state index is 14.7. The summed E-state index contributed by atoms with van der Waals surface area (Å²) in [5.41, 5.74) is 1.52. The van der Waals surface area contributed by atoms with Crippen LogP contribution in [0, 0.1) is 17.1 Å². The molecule has 4 heterocycles. The van der Waals surface area contributed by atoms with E-state index in [1.54, 1.807) is 18.2 Å². The summed E-state index contributed by atoms with van der Waals surface area (Å²) < 4.78 is 20.8. The Bertz CT molecular complexity index is 1290. The number of aromatic nitrogens is 2. The van der Waals surface area contributed by atoms with Crippen LogP contribution >= 0.6 is 0 Å². The lowest BCUT2D eigenvalue weighted by Gasteiger charge is -2.40. The van der Waals surface area contributed by atoms with Crippen LogP contribution in [0.25, 0.3) is 0 Å². The van der Waals surface area contributed by atoms with E-state index >= 15 is 0 Å². The number of carbonyl (C=O) groups excluding carboxylic acids is 1. The van der Waals surface area contributed by atoms with Crippen molar-refractivity contribution in [2.75, 3.05) is 49.6 Å². The van der Waals surface area contributed by atoms with Gasteiger partial charge in [-0.2, -0.15) is 15.2 Å². The van der Waals surface area contributed by atoms with Gasteiger partial charge in [-0.1, -0.05) is 12.1 Å². The van der Waals surface area contributed by atoms with E-state index in [4.69, 9.17) is 14.7 Å². The van der Waals surface area contributed by atoms with Gasteiger partial charge in [0.2, 0.25) is 5.91 Å². The van der Waals surface area contributed by atoms with Gasteiger partial charge in [-0.3, -0.25) is 4.79 Å². The Balaban J connectivity index is 1.51. The molecule has 0 bridgehead atoms. The first-order chi connectivity index (χ1) is 18.9. The maximum Gasteiger partial charge on any atom is 0.407 e. The molecule has 2 saturated heterocycles. The van der Waals surface area contributed by atoms with Crippen LogP contribution in [0.4, 0.5) is 20.7 Å². The van der Waals surface area contributed by atoms with E-state index < -0.39 is 18.0 Å². The molecule has 1 aromatic carbocycles. The summed E-state index contributed by atoms with van der Waals surface area (Å²) in [5, 5.41) is 18.9. The predicted molar refractivity (Wildman–Crippen MR) is 140 cm³/mol. The molecule has 2 amide bonds. The molecule has 5 rings (SSSR count). The first kappa shape index (κ1) is 26.6. The zero-order valence-corrected chi connectivity index (χ0v) is 21.9. The molecule has 39 heavy (non-hydrogen) atoms. The van der Waals surface area contributed by atoms with Crippen LogP contribution in [0.5, 0.6) is 6.01 Å². The third-order valence-corrected chi connectivity index (χ3v) is 7.82. The van der Waals surface area contributed by atoms with Gasteiger partial charge in [-0.25, -0.2) is 9.18 Å². The minimum absolute atomic E-state index is 0.0486. The minimum Gasteiger partial charge on any atom is -0.465 e. The van der Waals surface area contributed by atoms with E-state index in [0.717, 1.165) is 24.9 Å². The number of rotatable bonds is 6. The van der Waals surface area contributed by atoms with Crippen LogP contribution in [0.3, 0.4) is 0 Å². The zero-order valence-electron chi connectivity index (χ0n) is 21.9. The van der Waals surface area contributed by atoms with Gasteiger partial charge < -0.3 is 29.4 Å². The molecule has 1 aromatic heterocycles. The first-order valence-electron chi connectivity index (χ1n) is 13.2. The Morgan fingerprint density at radius 2 is 2.03 bits per heavy atom. The van der Waals surface area contributed by atoms with Crippen molar-refractivity contribution in [2.45, 2.75) is 50.7 Å². The maximum absolute atomic E-state index is 14.7. The molecule has 206 valence electrons. The van der Waals surface area contributed by atoms with Gasteiger partial charge in [0, 0.05) is 37.7 Å². The quantitative estimate of drug-likeness (QED) is 0.592. The molecule has 0 unspecified atom stereocenters. The Hall–Kier alpha value is -3.98. The molecule has 3 aliphatic heterocycles. The molecule has 0 saturated carbocycles. The van der Waals surface area contributed by atoms with Crippen LogP contribution in [0.15, 0.2) is 24.3 Å². The number of hydrogen-bond acceptors (Lipinski definition) is 8. The van der Waals surface area contributed by atoms with Gasteiger partial charge in [-0.15, -0.1) is 0 Å². The number of halogens is 1. The van der Waals surface area contributed by atoms with Crippen LogP contribution in [0.2, 0.25) is 0 Å². The summed E-state index contributed by atoms with van der Waals surface area (Å²) in [5.74, 6) is -0.142. The predicted octanol–water partition coefficient (Wildman–Crippen LogP) is 2.65. The molecule has 0 spiro atoms. The average molecular weight is 538 g/mol. The molecule has 2 atom stereocenters. The number of likely N-dealkylation sites (tertiary alicyclic amines) is 1. The highest BCUT2D eigenvalue weighted by atomic mass is 19.1. The molecule has 0 aliphatic carbocycles. The molecule has 12 heteroatoms. The lowest BCUT2D eigenvalue weighted by atomic mass is 10.1. The Morgan fingerprint density at radius 3 is 2.74 bits per heavy atom. The van der Waals surface area contributed by atoms with Crippen LogP contribution in [-0.2, 0) is 17.8 Å². The zero-order chi connectivity index (χ0) is 27.5. The summed E-state index contributed by atoms with van der Waals surface area (Å²) in [6.45, 7) is 2.32. The van der Waals surface area contributed by atoms with Gasteiger partial charge in [0.05, 0.1) is 36.5 Å². The van der Waals surface area contributed by atoms with E-state index in [1.165, 1.54) is 15.9 Å². The van der Waals surface area contributed by atoms with Crippen molar-refractivity contribution in [1.82, 2.24) is 19.8 Å². The molecule has 1 N–H and O–H groups in total. The number of piperazine rings is 1. The number of carboxylic acid groups (broad SMARTS) is 1. The third-order valence-electron chi connectivity index (χ3n) is 7.82. The average Bonchev–Trinajstić information content (AvgIpc) is 3.26. The van der Waals surface area contributed by atoms with E-state index in [9.17, 15) is 24.3 Å². The highest BCUT2D eigenvalue weighted by molar-refractivity contribution is 5.94. The molecule has 3 aliphatic rings. The number of hydrogen-bond donors (Lipinski definition) is 1. The molecule has 2 fully saturated rings. The lowest BCUT2D eigenvalue weighted by molar-refractivity contribution is -0.118. The fraction of sp³-hybridized carbons (Fsp3) is 0.519. The number of likely N-dealkylation sites (N-methyl/N-ethyl adjacent to an activating group) is 1. The second kappa shape index (κ2) is 11.4. The van der Waals surface area contributed by atoms with Crippen molar-refractivity contribution in [3.05, 3.63) is 41.3 Å². The fourth-order valence-electron chi connectivity index (χ4n) is 5.64. The Labute approximate surface area is 226 Å². The summed E-state index contributed by atoms with van der Waals surface area (Å²) in [4.78, 5) is 41.3. The van der Waals surface area contributed by atoms with Gasteiger partial charge in [0.25, 0.3) is 0 Å². The van der Waals surface area contributed by atoms with Gasteiger partial charge in [-0.05, 0) is 45.0 Å². The lowest BCUT2D eigenvalue weighted by Crippen LogP contribution is -2.55. The van der Waals surface area contributed by atoms with Crippen LogP contribution in [-0.4, -0.2) is 88.8 Å². The van der Waals surface area contributed by atoms with Gasteiger partial charge >= 0.3 is 12.1 Å². The summed E-state index contributed by atoms with van der Waals surface area (Å²) >= 11 is 0. The number of nitrogens with zero attached hydrogens (tertiary/aromatic N) is 7. The molecular formula is C27H32FN7O4. The van der Waals surface area contributed by atoms with Gasteiger partial charge in [0.1, 0.15) is 18.2 Å². The van der Waals surface area contributed by atoms with Crippen molar-refractivity contribution in [2.24, 2.45) is 0 Å². The molecule has 2 aromatic rings. The number of para-hydroxylation sites is 1. The summed E-state index contributed by atoms with van der Waals surface area (Å²) in [7, 11) is 2.06. The number of amides is 2. The number of benzene rings is 1. The minimum atomic E-state index is -1.06. The molecule has 0 radical (unpaired) electrons. The highest BCUT2D eigenvalue weighted by Crippen LogP contribution is 2.33. The SMILES string of the molecule is CN1CCC[C@H]1COc1nc2c(c(N3CCN(C(=O)O)[C@@H](CC#N)C3)n1)CCC(=O)N(c1ccccc1F)C2. The van der Waals surface area contributed by atoms with Crippen molar-refractivity contribution in [3.63, 3.8) is 0 Å². The standard InChI is InChI=1S/C27H32FN7O4/c1-32-12-4-5-19(32)17-39-26-30-22-16-35(23-7-3-2-6-21(23)28)24(36)9-8-20(22)25(31-26)33-13-14-34(27(37)38)18(15-33)10-11-29/h2-3,6-7,18-19H,4-5,8-10,12-17H2,1H3,(H,37,38)/t18-,19-/m0/s1. The fourth-order valence-corrected chi connectivity index (χ4v) is 5.64. The normalized spacial score (nSPS) is 21.9. The highest BCUT2D eigenvalue weighted by Gasteiger charge is 2.35.